The molecule has 0 aliphatic heterocycles. The first-order valence-electron chi connectivity index (χ1n) is 5.77. The third-order valence-electron chi connectivity index (χ3n) is 3.06. The first-order valence-corrected chi connectivity index (χ1v) is 5.77. The summed E-state index contributed by atoms with van der Waals surface area (Å²) in [7, 11) is 0. The molecule has 0 bridgehead atoms. The number of Topliss-reactive ketones (excluding diaryl/α,β-unsaturated/α-hetero) is 1. The molecular weight excluding hydrogens is 226 g/mol. The maximum absolute atomic E-state index is 12.9. The summed E-state index contributed by atoms with van der Waals surface area (Å²) in [6, 6.07) is 3.44. The average Bonchev–Trinajstić information content (AvgIpc) is 2.70. The van der Waals surface area contributed by atoms with Gasteiger partial charge in [0.05, 0.1) is 6.61 Å². The van der Waals surface area contributed by atoms with Crippen molar-refractivity contribution in [1.29, 1.82) is 0 Å². The maximum Gasteiger partial charge on any atom is 0.162 e. The molecule has 0 saturated heterocycles. The monoisotopic (exact) mass is 240 g/mol. The number of benzene rings is 1. The van der Waals surface area contributed by atoms with Crippen molar-refractivity contribution in [2.75, 3.05) is 6.61 Å². The lowest BCUT2D eigenvalue weighted by molar-refractivity contribution is -0.121. The minimum absolute atomic E-state index is 0.0836. The third-order valence-corrected chi connectivity index (χ3v) is 3.06. The molecule has 0 heterocycles. The molecule has 0 radical (unpaired) electrons. The number of halogens is 2. The number of rotatable bonds is 4. The Morgan fingerprint density at radius 1 is 1.29 bits per heavy atom. The molecule has 2 rings (SSSR count). The number of hydrogen-bond acceptors (Lipinski definition) is 2. The zero-order valence-corrected chi connectivity index (χ0v) is 9.42. The molecule has 0 N–H and O–H groups in total. The number of carbonyl (C=O) groups is 1. The van der Waals surface area contributed by atoms with E-state index in [4.69, 9.17) is 4.74 Å². The molecule has 92 valence electrons. The number of hydrogen-bond donors (Lipinski definition) is 0. The molecule has 1 aromatic rings. The highest BCUT2D eigenvalue weighted by Gasteiger charge is 2.23. The normalized spacial score (nSPS) is 19.6. The molecular formula is C13H14F2O2. The highest BCUT2D eigenvalue weighted by Crippen LogP contribution is 2.24. The smallest absolute Gasteiger partial charge is 0.162 e. The Morgan fingerprint density at radius 3 is 2.76 bits per heavy atom. The summed E-state index contributed by atoms with van der Waals surface area (Å²) in [4.78, 5) is 11.4. The maximum atomic E-state index is 12.9. The Hall–Kier alpha value is -1.45. The predicted molar refractivity (Wildman–Crippen MR) is 58.8 cm³/mol. The second kappa shape index (κ2) is 5.25. The van der Waals surface area contributed by atoms with Crippen LogP contribution in [0.4, 0.5) is 8.78 Å². The minimum atomic E-state index is -0.917. The lowest BCUT2D eigenvalue weighted by Gasteiger charge is -2.09. The van der Waals surface area contributed by atoms with E-state index < -0.39 is 11.6 Å². The summed E-state index contributed by atoms with van der Waals surface area (Å²) >= 11 is 0. The van der Waals surface area contributed by atoms with E-state index in [-0.39, 0.29) is 5.92 Å². The van der Waals surface area contributed by atoms with Crippen molar-refractivity contribution in [3.05, 3.63) is 29.8 Å². The van der Waals surface area contributed by atoms with Crippen molar-refractivity contribution in [2.45, 2.75) is 25.7 Å². The number of carbonyl (C=O) groups excluding carboxylic acids is 1. The fraction of sp³-hybridized carbons (Fsp3) is 0.462. The summed E-state index contributed by atoms with van der Waals surface area (Å²) in [6.07, 6.45) is 3.18. The summed E-state index contributed by atoms with van der Waals surface area (Å²) in [5.74, 6) is -1.13. The van der Waals surface area contributed by atoms with Gasteiger partial charge < -0.3 is 4.74 Å². The lowest BCUT2D eigenvalue weighted by Crippen LogP contribution is -2.11. The van der Waals surface area contributed by atoms with Crippen molar-refractivity contribution in [3.63, 3.8) is 0 Å². The first kappa shape index (κ1) is 12.0. The van der Waals surface area contributed by atoms with Gasteiger partial charge in [-0.1, -0.05) is 0 Å². The van der Waals surface area contributed by atoms with Crippen LogP contribution in [-0.4, -0.2) is 12.4 Å². The van der Waals surface area contributed by atoms with E-state index in [0.29, 0.717) is 31.0 Å². The highest BCUT2D eigenvalue weighted by molar-refractivity contribution is 5.82. The Bertz CT molecular complexity index is 418. The Kier molecular flexibility index (Phi) is 3.71. The summed E-state index contributed by atoms with van der Waals surface area (Å²) in [5, 5.41) is 0. The number of ether oxygens (including phenoxy) is 1. The third kappa shape index (κ3) is 3.02. The standard InChI is InChI=1S/C13H14F2O2/c14-11-5-4-10(8-12(11)15)17-7-6-9-2-1-3-13(9)16/h4-5,8-9H,1-3,6-7H2. The van der Waals surface area contributed by atoms with Gasteiger partial charge in [-0.2, -0.15) is 0 Å². The Balaban J connectivity index is 1.81. The van der Waals surface area contributed by atoms with Crippen LogP contribution in [0, 0.1) is 17.6 Å². The van der Waals surface area contributed by atoms with Crippen LogP contribution in [0.2, 0.25) is 0 Å². The van der Waals surface area contributed by atoms with Crippen LogP contribution in [0.1, 0.15) is 25.7 Å². The molecule has 1 aliphatic rings. The van der Waals surface area contributed by atoms with Crippen molar-refractivity contribution >= 4 is 5.78 Å². The topological polar surface area (TPSA) is 26.3 Å². The summed E-state index contributed by atoms with van der Waals surface area (Å²) < 4.78 is 30.8. The van der Waals surface area contributed by atoms with E-state index in [9.17, 15) is 13.6 Å². The van der Waals surface area contributed by atoms with E-state index in [1.165, 1.54) is 6.07 Å². The van der Waals surface area contributed by atoms with E-state index in [1.807, 2.05) is 0 Å². The van der Waals surface area contributed by atoms with Gasteiger partial charge in [0.25, 0.3) is 0 Å². The summed E-state index contributed by atoms with van der Waals surface area (Å²) in [5.41, 5.74) is 0. The lowest BCUT2D eigenvalue weighted by atomic mass is 10.0. The van der Waals surface area contributed by atoms with E-state index in [0.717, 1.165) is 25.0 Å². The number of ketones is 1. The fourth-order valence-corrected chi connectivity index (χ4v) is 2.08. The highest BCUT2D eigenvalue weighted by atomic mass is 19.2. The second-order valence-corrected chi connectivity index (χ2v) is 4.27. The molecule has 4 heteroatoms. The predicted octanol–water partition coefficient (Wildman–Crippen LogP) is 3.10. The van der Waals surface area contributed by atoms with Gasteiger partial charge in [0.15, 0.2) is 11.6 Å². The molecule has 0 aromatic heterocycles. The van der Waals surface area contributed by atoms with E-state index >= 15 is 0 Å². The van der Waals surface area contributed by atoms with Crippen LogP contribution >= 0.6 is 0 Å². The van der Waals surface area contributed by atoms with Gasteiger partial charge in [0, 0.05) is 18.4 Å². The van der Waals surface area contributed by atoms with Gasteiger partial charge in [-0.25, -0.2) is 8.78 Å². The SMILES string of the molecule is O=C1CCCC1CCOc1ccc(F)c(F)c1. The molecule has 1 saturated carbocycles. The molecule has 0 amide bonds. The summed E-state index contributed by atoms with van der Waals surface area (Å²) in [6.45, 7) is 0.363. The van der Waals surface area contributed by atoms with Gasteiger partial charge in [0.1, 0.15) is 11.5 Å². The molecule has 1 aliphatic carbocycles. The average molecular weight is 240 g/mol. The minimum Gasteiger partial charge on any atom is -0.493 e. The largest absolute Gasteiger partial charge is 0.493 e. The molecule has 1 atom stereocenters. The van der Waals surface area contributed by atoms with Gasteiger partial charge >= 0.3 is 0 Å². The van der Waals surface area contributed by atoms with Gasteiger partial charge in [0.2, 0.25) is 0 Å². The zero-order valence-electron chi connectivity index (χ0n) is 9.42. The Morgan fingerprint density at radius 2 is 2.12 bits per heavy atom. The zero-order chi connectivity index (χ0) is 12.3. The van der Waals surface area contributed by atoms with E-state index in [2.05, 4.69) is 0 Å². The first-order chi connectivity index (χ1) is 8.16. The van der Waals surface area contributed by atoms with Gasteiger partial charge in [-0.05, 0) is 31.4 Å². The molecule has 2 nitrogen and oxygen atoms in total. The van der Waals surface area contributed by atoms with Crippen LogP contribution in [0.3, 0.4) is 0 Å². The van der Waals surface area contributed by atoms with Crippen molar-refractivity contribution in [2.24, 2.45) is 5.92 Å². The van der Waals surface area contributed by atoms with Crippen molar-refractivity contribution in [3.8, 4) is 5.75 Å². The van der Waals surface area contributed by atoms with Gasteiger partial charge in [-0.15, -0.1) is 0 Å². The van der Waals surface area contributed by atoms with Crippen LogP contribution in [0.5, 0.6) is 5.75 Å². The second-order valence-electron chi connectivity index (χ2n) is 4.27. The molecule has 1 fully saturated rings. The van der Waals surface area contributed by atoms with Crippen LogP contribution in [0.25, 0.3) is 0 Å². The fourth-order valence-electron chi connectivity index (χ4n) is 2.08. The van der Waals surface area contributed by atoms with Crippen LogP contribution in [-0.2, 0) is 4.79 Å². The van der Waals surface area contributed by atoms with Crippen LogP contribution < -0.4 is 4.74 Å². The molecule has 0 spiro atoms. The molecule has 17 heavy (non-hydrogen) atoms. The molecule has 1 aromatic carbocycles. The quantitative estimate of drug-likeness (QED) is 0.808. The van der Waals surface area contributed by atoms with Crippen LogP contribution in [0.15, 0.2) is 18.2 Å². The Labute approximate surface area is 98.6 Å². The van der Waals surface area contributed by atoms with Crippen molar-refractivity contribution < 1.29 is 18.3 Å². The molecule has 1 unspecified atom stereocenters. The van der Waals surface area contributed by atoms with Crippen molar-refractivity contribution in [1.82, 2.24) is 0 Å². The van der Waals surface area contributed by atoms with Gasteiger partial charge in [-0.3, -0.25) is 4.79 Å². The van der Waals surface area contributed by atoms with E-state index in [1.54, 1.807) is 0 Å².